The van der Waals surface area contributed by atoms with Crippen molar-refractivity contribution in [3.8, 4) is 0 Å². The lowest BCUT2D eigenvalue weighted by atomic mass is 10.1. The molecule has 0 aliphatic carbocycles. The van der Waals surface area contributed by atoms with Crippen LogP contribution >= 0.6 is 0 Å². The zero-order valence-corrected chi connectivity index (χ0v) is 17.4. The van der Waals surface area contributed by atoms with Crippen LogP contribution in [0.2, 0.25) is 0 Å². The summed E-state index contributed by atoms with van der Waals surface area (Å²) in [5.74, 6) is 1.25. The second-order valence-electron chi connectivity index (χ2n) is 8.23. The lowest BCUT2D eigenvalue weighted by Crippen LogP contribution is -2.25. The average Bonchev–Trinajstić information content (AvgIpc) is 3.29. The molecule has 0 spiro atoms. The van der Waals surface area contributed by atoms with Crippen LogP contribution in [-0.2, 0) is 11.3 Å². The Balaban J connectivity index is 1.54. The molecular weight excluding hydrogens is 370 g/mol. The Labute approximate surface area is 176 Å². The van der Waals surface area contributed by atoms with Gasteiger partial charge >= 0.3 is 0 Å². The van der Waals surface area contributed by atoms with Crippen LogP contribution in [0.1, 0.15) is 34.9 Å². The zero-order valence-electron chi connectivity index (χ0n) is 17.4. The molecule has 1 saturated heterocycles. The number of imidazole rings is 1. The van der Waals surface area contributed by atoms with Crippen LogP contribution in [-0.4, -0.2) is 22.0 Å². The van der Waals surface area contributed by atoms with E-state index in [1.54, 1.807) is 0 Å². The number of fused-ring (bicyclic) bond motifs is 1. The molecule has 5 rings (SSSR count). The molecule has 1 aromatic heterocycles. The minimum atomic E-state index is 0.0781. The molecule has 4 heteroatoms. The quantitative estimate of drug-likeness (QED) is 0.475. The molecule has 4 nitrogen and oxygen atoms in total. The van der Waals surface area contributed by atoms with Crippen molar-refractivity contribution in [3.05, 3.63) is 95.3 Å². The molecule has 0 N–H and O–H groups in total. The van der Waals surface area contributed by atoms with Crippen molar-refractivity contribution in [2.24, 2.45) is 0 Å². The van der Waals surface area contributed by atoms with Crippen molar-refractivity contribution in [2.45, 2.75) is 32.7 Å². The lowest BCUT2D eigenvalue weighted by Gasteiger charge is -2.19. The van der Waals surface area contributed by atoms with Gasteiger partial charge in [-0.15, -0.1) is 0 Å². The molecule has 1 fully saturated rings. The van der Waals surface area contributed by atoms with Crippen LogP contribution in [0.5, 0.6) is 0 Å². The molecule has 0 saturated carbocycles. The fourth-order valence-electron chi connectivity index (χ4n) is 4.54. The van der Waals surface area contributed by atoms with Gasteiger partial charge in [-0.05, 0) is 43.2 Å². The zero-order chi connectivity index (χ0) is 20.7. The maximum absolute atomic E-state index is 12.9. The van der Waals surface area contributed by atoms with E-state index in [0.29, 0.717) is 13.0 Å². The molecule has 1 amide bonds. The summed E-state index contributed by atoms with van der Waals surface area (Å²) >= 11 is 0. The summed E-state index contributed by atoms with van der Waals surface area (Å²) in [6, 6.07) is 25.0. The highest BCUT2D eigenvalue weighted by atomic mass is 16.2. The third kappa shape index (κ3) is 3.28. The summed E-state index contributed by atoms with van der Waals surface area (Å²) in [4.78, 5) is 19.8. The minimum Gasteiger partial charge on any atom is -0.323 e. The number of hydrogen-bond acceptors (Lipinski definition) is 2. The van der Waals surface area contributed by atoms with Crippen molar-refractivity contribution in [3.63, 3.8) is 0 Å². The maximum Gasteiger partial charge on any atom is 0.227 e. The molecule has 0 bridgehead atoms. The molecule has 1 aliphatic rings. The van der Waals surface area contributed by atoms with E-state index in [1.807, 2.05) is 29.2 Å². The number of anilines is 1. The molecule has 4 aromatic rings. The number of carbonyl (C=O) groups excluding carboxylic acids is 1. The highest BCUT2D eigenvalue weighted by molar-refractivity contribution is 5.97. The Morgan fingerprint density at radius 1 is 0.967 bits per heavy atom. The van der Waals surface area contributed by atoms with Gasteiger partial charge in [-0.1, -0.05) is 60.2 Å². The van der Waals surface area contributed by atoms with Gasteiger partial charge in [0, 0.05) is 31.1 Å². The largest absolute Gasteiger partial charge is 0.323 e. The van der Waals surface area contributed by atoms with Crippen LogP contribution < -0.4 is 4.90 Å². The van der Waals surface area contributed by atoms with Crippen molar-refractivity contribution in [2.75, 3.05) is 11.4 Å². The van der Waals surface area contributed by atoms with E-state index >= 15 is 0 Å². The summed E-state index contributed by atoms with van der Waals surface area (Å²) in [7, 11) is 0. The van der Waals surface area contributed by atoms with Crippen molar-refractivity contribution in [1.29, 1.82) is 0 Å². The fourth-order valence-corrected chi connectivity index (χ4v) is 4.54. The van der Waals surface area contributed by atoms with E-state index in [0.717, 1.165) is 34.7 Å². The highest BCUT2D eigenvalue weighted by Crippen LogP contribution is 2.34. The van der Waals surface area contributed by atoms with Gasteiger partial charge in [0.1, 0.15) is 5.82 Å². The van der Waals surface area contributed by atoms with Gasteiger partial charge in [0.25, 0.3) is 0 Å². The van der Waals surface area contributed by atoms with Gasteiger partial charge in [-0.3, -0.25) is 4.79 Å². The van der Waals surface area contributed by atoms with Gasteiger partial charge < -0.3 is 9.47 Å². The van der Waals surface area contributed by atoms with E-state index in [1.165, 1.54) is 11.1 Å². The molecule has 1 aliphatic heterocycles. The van der Waals surface area contributed by atoms with Crippen LogP contribution in [0.3, 0.4) is 0 Å². The minimum absolute atomic E-state index is 0.0781. The SMILES string of the molecule is Cc1cccc(Cn2c(C3CC(=O)N(c4ccccc4C)C3)nc3ccccc32)c1. The number of benzene rings is 3. The van der Waals surface area contributed by atoms with E-state index < -0.39 is 0 Å². The van der Waals surface area contributed by atoms with Crippen LogP contribution in [0, 0.1) is 13.8 Å². The van der Waals surface area contributed by atoms with Crippen molar-refractivity contribution in [1.82, 2.24) is 9.55 Å². The predicted octanol–water partition coefficient (Wildman–Crippen LogP) is 5.22. The van der Waals surface area contributed by atoms with Crippen LogP contribution in [0.15, 0.2) is 72.8 Å². The lowest BCUT2D eigenvalue weighted by molar-refractivity contribution is -0.117. The molecule has 30 heavy (non-hydrogen) atoms. The standard InChI is InChI=1S/C26H25N3O/c1-18-8-7-10-20(14-18)16-29-24-13-6-4-11-22(24)27-26(29)21-15-25(30)28(17-21)23-12-5-3-9-19(23)2/h3-14,21H,15-17H2,1-2H3. The Bertz CT molecular complexity index is 1240. The summed E-state index contributed by atoms with van der Waals surface area (Å²) in [6.07, 6.45) is 0.492. The Kier molecular flexibility index (Phi) is 4.62. The smallest absolute Gasteiger partial charge is 0.227 e. The molecule has 1 unspecified atom stereocenters. The van der Waals surface area contributed by atoms with E-state index in [2.05, 4.69) is 66.9 Å². The number of para-hydroxylation sites is 3. The summed E-state index contributed by atoms with van der Waals surface area (Å²) in [6.45, 7) is 5.60. The number of aryl methyl sites for hydroxylation is 2. The topological polar surface area (TPSA) is 38.1 Å². The highest BCUT2D eigenvalue weighted by Gasteiger charge is 2.35. The van der Waals surface area contributed by atoms with Gasteiger partial charge in [0.2, 0.25) is 5.91 Å². The van der Waals surface area contributed by atoms with Gasteiger partial charge in [0.15, 0.2) is 0 Å². The van der Waals surface area contributed by atoms with Crippen LogP contribution in [0.25, 0.3) is 11.0 Å². The van der Waals surface area contributed by atoms with Crippen LogP contribution in [0.4, 0.5) is 5.69 Å². The summed E-state index contributed by atoms with van der Waals surface area (Å²) in [5.41, 5.74) is 6.74. The van der Waals surface area contributed by atoms with Crippen molar-refractivity contribution >= 4 is 22.6 Å². The summed E-state index contributed by atoms with van der Waals surface area (Å²) < 4.78 is 2.30. The number of carbonyl (C=O) groups is 1. The predicted molar refractivity (Wildman–Crippen MR) is 121 cm³/mol. The first kappa shape index (κ1) is 18.6. The first-order valence-electron chi connectivity index (χ1n) is 10.5. The maximum atomic E-state index is 12.9. The Morgan fingerprint density at radius 3 is 2.60 bits per heavy atom. The number of hydrogen-bond donors (Lipinski definition) is 0. The Morgan fingerprint density at radius 2 is 1.77 bits per heavy atom. The normalized spacial score (nSPS) is 16.5. The molecule has 2 heterocycles. The monoisotopic (exact) mass is 395 g/mol. The molecule has 0 radical (unpaired) electrons. The van der Waals surface area contributed by atoms with E-state index in [4.69, 9.17) is 4.98 Å². The van der Waals surface area contributed by atoms with E-state index in [-0.39, 0.29) is 11.8 Å². The first-order valence-corrected chi connectivity index (χ1v) is 10.5. The Hall–Kier alpha value is -3.40. The molecular formula is C26H25N3O. The second kappa shape index (κ2) is 7.45. The number of nitrogens with zero attached hydrogens (tertiary/aromatic N) is 3. The van der Waals surface area contributed by atoms with Gasteiger partial charge in [-0.25, -0.2) is 4.98 Å². The second-order valence-corrected chi connectivity index (χ2v) is 8.23. The number of amides is 1. The third-order valence-corrected chi connectivity index (χ3v) is 6.00. The first-order chi connectivity index (χ1) is 14.6. The molecule has 150 valence electrons. The molecule has 1 atom stereocenters. The number of rotatable bonds is 4. The van der Waals surface area contributed by atoms with Crippen molar-refractivity contribution < 1.29 is 4.79 Å². The average molecular weight is 396 g/mol. The molecule has 3 aromatic carbocycles. The summed E-state index contributed by atoms with van der Waals surface area (Å²) in [5, 5.41) is 0. The van der Waals surface area contributed by atoms with E-state index in [9.17, 15) is 4.79 Å². The van der Waals surface area contributed by atoms with Gasteiger partial charge in [-0.2, -0.15) is 0 Å². The fraction of sp³-hybridized carbons (Fsp3) is 0.231. The third-order valence-electron chi connectivity index (χ3n) is 6.00. The number of aromatic nitrogens is 2. The van der Waals surface area contributed by atoms with Gasteiger partial charge in [0.05, 0.1) is 11.0 Å².